The van der Waals surface area contributed by atoms with E-state index >= 15 is 0 Å². The standard InChI is InChI=1S/C8H17O3P/c1-2-3-4-7-12(10,11)8-5-6-9/h6H,2-5,7-8H2,1H3,(H,10,11). The highest BCUT2D eigenvalue weighted by molar-refractivity contribution is 7.58. The van der Waals surface area contributed by atoms with Crippen LogP contribution < -0.4 is 0 Å². The maximum atomic E-state index is 11.2. The van der Waals surface area contributed by atoms with E-state index in [1.54, 1.807) is 0 Å². The van der Waals surface area contributed by atoms with E-state index in [2.05, 4.69) is 0 Å². The van der Waals surface area contributed by atoms with Gasteiger partial charge in [0.25, 0.3) is 0 Å². The second kappa shape index (κ2) is 6.38. The molecule has 0 aliphatic rings. The number of rotatable bonds is 7. The molecule has 1 atom stereocenters. The summed E-state index contributed by atoms with van der Waals surface area (Å²) in [7, 11) is -2.97. The monoisotopic (exact) mass is 192 g/mol. The van der Waals surface area contributed by atoms with Gasteiger partial charge < -0.3 is 9.69 Å². The molecule has 0 aliphatic carbocycles. The number of unbranched alkanes of at least 4 members (excludes halogenated alkanes) is 2. The van der Waals surface area contributed by atoms with Gasteiger partial charge in [0.15, 0.2) is 0 Å². The van der Waals surface area contributed by atoms with Crippen LogP contribution in [0.5, 0.6) is 0 Å². The van der Waals surface area contributed by atoms with E-state index in [9.17, 15) is 14.3 Å². The first-order valence-corrected chi connectivity index (χ1v) is 6.40. The molecule has 0 radical (unpaired) electrons. The fraction of sp³-hybridized carbons (Fsp3) is 0.875. The van der Waals surface area contributed by atoms with Crippen molar-refractivity contribution in [1.82, 2.24) is 0 Å². The highest BCUT2D eigenvalue weighted by Gasteiger charge is 2.15. The zero-order valence-corrected chi connectivity index (χ0v) is 8.43. The molecule has 0 aromatic heterocycles. The van der Waals surface area contributed by atoms with E-state index in [1.165, 1.54) is 0 Å². The molecule has 72 valence electrons. The lowest BCUT2D eigenvalue weighted by molar-refractivity contribution is -0.107. The second-order valence-corrected chi connectivity index (χ2v) is 5.54. The van der Waals surface area contributed by atoms with E-state index in [-0.39, 0.29) is 12.6 Å². The van der Waals surface area contributed by atoms with Crippen molar-refractivity contribution in [2.45, 2.75) is 32.6 Å². The summed E-state index contributed by atoms with van der Waals surface area (Å²) in [5.74, 6) is 0. The maximum Gasteiger partial charge on any atom is 0.201 e. The number of aldehydes is 1. The summed E-state index contributed by atoms with van der Waals surface area (Å²) < 4.78 is 11.2. The van der Waals surface area contributed by atoms with Gasteiger partial charge >= 0.3 is 0 Å². The summed E-state index contributed by atoms with van der Waals surface area (Å²) in [5.41, 5.74) is 0. The lowest BCUT2D eigenvalue weighted by atomic mass is 10.3. The highest BCUT2D eigenvalue weighted by Crippen LogP contribution is 2.41. The van der Waals surface area contributed by atoms with Crippen LogP contribution in [0.1, 0.15) is 32.6 Å². The van der Waals surface area contributed by atoms with Crippen LogP contribution in [0, 0.1) is 0 Å². The number of hydrogen-bond acceptors (Lipinski definition) is 2. The summed E-state index contributed by atoms with van der Waals surface area (Å²) in [4.78, 5) is 19.2. The molecular formula is C8H17O3P. The number of hydrogen-bond donors (Lipinski definition) is 1. The third-order valence-electron chi connectivity index (χ3n) is 1.71. The molecule has 0 saturated carbocycles. The zero-order valence-electron chi connectivity index (χ0n) is 7.53. The summed E-state index contributed by atoms with van der Waals surface area (Å²) in [6.45, 7) is 2.05. The van der Waals surface area contributed by atoms with Gasteiger partial charge in [-0.1, -0.05) is 19.8 Å². The van der Waals surface area contributed by atoms with Crippen LogP contribution in [0.4, 0.5) is 0 Å². The summed E-state index contributed by atoms with van der Waals surface area (Å²) in [5, 5.41) is 0. The molecule has 0 aliphatic heterocycles. The number of carbonyl (C=O) groups is 1. The minimum Gasteiger partial charge on any atom is -0.344 e. The SMILES string of the molecule is CCCCCP(=O)(O)CCC=O. The molecule has 0 spiro atoms. The zero-order chi connectivity index (χ0) is 9.45. The molecule has 0 rings (SSSR count). The van der Waals surface area contributed by atoms with Crippen LogP contribution in [0.3, 0.4) is 0 Å². The van der Waals surface area contributed by atoms with Crippen molar-refractivity contribution in [1.29, 1.82) is 0 Å². The van der Waals surface area contributed by atoms with Gasteiger partial charge in [-0.3, -0.25) is 4.57 Å². The summed E-state index contributed by atoms with van der Waals surface area (Å²) >= 11 is 0. The van der Waals surface area contributed by atoms with Gasteiger partial charge in [-0.15, -0.1) is 0 Å². The predicted octanol–water partition coefficient (Wildman–Crippen LogP) is 2.04. The first-order valence-electron chi connectivity index (χ1n) is 4.37. The maximum absolute atomic E-state index is 11.2. The molecular weight excluding hydrogens is 175 g/mol. The average molecular weight is 192 g/mol. The molecule has 1 N–H and O–H groups in total. The van der Waals surface area contributed by atoms with E-state index in [4.69, 9.17) is 0 Å². The topological polar surface area (TPSA) is 54.4 Å². The summed E-state index contributed by atoms with van der Waals surface area (Å²) in [6.07, 6.45) is 4.26. The van der Waals surface area contributed by atoms with Gasteiger partial charge in [-0.2, -0.15) is 0 Å². The van der Waals surface area contributed by atoms with Crippen LogP contribution in [0.2, 0.25) is 0 Å². The Bertz CT molecular complexity index is 168. The van der Waals surface area contributed by atoms with Crippen molar-refractivity contribution >= 4 is 13.7 Å². The van der Waals surface area contributed by atoms with Gasteiger partial charge in [0, 0.05) is 18.7 Å². The fourth-order valence-corrected chi connectivity index (χ4v) is 2.43. The van der Waals surface area contributed by atoms with Crippen molar-refractivity contribution in [2.24, 2.45) is 0 Å². The Morgan fingerprint density at radius 1 is 1.33 bits per heavy atom. The Kier molecular flexibility index (Phi) is 6.31. The first-order chi connectivity index (χ1) is 5.62. The molecule has 0 heterocycles. The normalized spacial score (nSPS) is 15.5. The lowest BCUT2D eigenvalue weighted by Crippen LogP contribution is -1.95. The molecule has 0 aromatic carbocycles. The van der Waals surface area contributed by atoms with E-state index in [1.807, 2.05) is 6.92 Å². The second-order valence-electron chi connectivity index (χ2n) is 2.96. The van der Waals surface area contributed by atoms with Gasteiger partial charge in [0.2, 0.25) is 7.37 Å². The summed E-state index contributed by atoms with van der Waals surface area (Å²) in [6, 6.07) is 0. The molecule has 0 amide bonds. The Balaban J connectivity index is 3.56. The van der Waals surface area contributed by atoms with Crippen LogP contribution in [0.25, 0.3) is 0 Å². The van der Waals surface area contributed by atoms with E-state index < -0.39 is 7.37 Å². The molecule has 0 saturated heterocycles. The molecule has 0 fully saturated rings. The van der Waals surface area contributed by atoms with Gasteiger partial charge in [0.1, 0.15) is 6.29 Å². The lowest BCUT2D eigenvalue weighted by Gasteiger charge is -2.08. The Hall–Kier alpha value is -0.140. The molecule has 3 nitrogen and oxygen atoms in total. The highest BCUT2D eigenvalue weighted by atomic mass is 31.2. The van der Waals surface area contributed by atoms with Gasteiger partial charge in [-0.05, 0) is 6.42 Å². The van der Waals surface area contributed by atoms with Crippen molar-refractivity contribution in [3.05, 3.63) is 0 Å². The first kappa shape index (κ1) is 11.9. The van der Waals surface area contributed by atoms with Gasteiger partial charge in [-0.25, -0.2) is 0 Å². The quantitative estimate of drug-likeness (QED) is 0.381. The van der Waals surface area contributed by atoms with Crippen molar-refractivity contribution in [3.63, 3.8) is 0 Å². The molecule has 4 heteroatoms. The Labute approximate surface area is 73.6 Å². The average Bonchev–Trinajstić information content (AvgIpc) is 2.01. The van der Waals surface area contributed by atoms with Crippen molar-refractivity contribution in [2.75, 3.05) is 12.3 Å². The van der Waals surface area contributed by atoms with Crippen LogP contribution in [-0.4, -0.2) is 23.5 Å². The van der Waals surface area contributed by atoms with Crippen LogP contribution in [0.15, 0.2) is 0 Å². The molecule has 1 unspecified atom stereocenters. The third-order valence-corrected chi connectivity index (χ3v) is 3.68. The van der Waals surface area contributed by atoms with Crippen molar-refractivity contribution < 1.29 is 14.3 Å². The van der Waals surface area contributed by atoms with Crippen LogP contribution in [-0.2, 0) is 9.36 Å². The van der Waals surface area contributed by atoms with Crippen molar-refractivity contribution in [3.8, 4) is 0 Å². The largest absolute Gasteiger partial charge is 0.344 e. The van der Waals surface area contributed by atoms with Crippen LogP contribution >= 0.6 is 7.37 Å². The molecule has 12 heavy (non-hydrogen) atoms. The molecule has 0 bridgehead atoms. The smallest absolute Gasteiger partial charge is 0.201 e. The Morgan fingerprint density at radius 2 is 2.00 bits per heavy atom. The van der Waals surface area contributed by atoms with Gasteiger partial charge in [0.05, 0.1) is 0 Å². The fourth-order valence-electron chi connectivity index (χ4n) is 0.975. The Morgan fingerprint density at radius 3 is 2.50 bits per heavy atom. The minimum absolute atomic E-state index is 0.153. The number of carbonyl (C=O) groups excluding carboxylic acids is 1. The minimum atomic E-state index is -2.97. The predicted molar refractivity (Wildman–Crippen MR) is 49.8 cm³/mol. The van der Waals surface area contributed by atoms with E-state index in [0.717, 1.165) is 19.3 Å². The third kappa shape index (κ3) is 6.56. The van der Waals surface area contributed by atoms with E-state index in [0.29, 0.717) is 12.4 Å². The molecule has 0 aromatic rings.